The number of para-hydroxylation sites is 1. The summed E-state index contributed by atoms with van der Waals surface area (Å²) in [6.45, 7) is 0.561. The number of hydrogen-bond donors (Lipinski definition) is 1. The quantitative estimate of drug-likeness (QED) is 0.780. The number of nitrogens with two attached hydrogens (primary N) is 1. The molecule has 0 bridgehead atoms. The molecule has 27 heavy (non-hydrogen) atoms. The summed E-state index contributed by atoms with van der Waals surface area (Å²) in [6.07, 6.45) is -0.155. The van der Waals surface area contributed by atoms with Gasteiger partial charge < -0.3 is 10.6 Å². The highest BCUT2D eigenvalue weighted by molar-refractivity contribution is 6.20. The summed E-state index contributed by atoms with van der Waals surface area (Å²) in [5.41, 5.74) is 10.9. The summed E-state index contributed by atoms with van der Waals surface area (Å²) in [5.74, 6) is -0.177. The van der Waals surface area contributed by atoms with E-state index >= 15 is 0 Å². The third kappa shape index (κ3) is 3.52. The van der Waals surface area contributed by atoms with Gasteiger partial charge in [-0.15, -0.1) is 0 Å². The minimum atomic E-state index is -0.914. The minimum absolute atomic E-state index is 0.177. The third-order valence-electron chi connectivity index (χ3n) is 4.75. The number of carbonyl (C=O) groups excluding carboxylic acids is 1. The van der Waals surface area contributed by atoms with Gasteiger partial charge in [0.15, 0.2) is 6.17 Å². The first-order chi connectivity index (χ1) is 13.2. The molecule has 4 nitrogen and oxygen atoms in total. The predicted molar refractivity (Wildman–Crippen MR) is 109 cm³/mol. The van der Waals surface area contributed by atoms with Gasteiger partial charge in [0.05, 0.1) is 11.4 Å². The normalized spacial score (nSPS) is 16.5. The van der Waals surface area contributed by atoms with E-state index in [9.17, 15) is 4.79 Å². The maximum atomic E-state index is 13.0. The zero-order valence-corrected chi connectivity index (χ0v) is 15.0. The fourth-order valence-corrected chi connectivity index (χ4v) is 3.39. The van der Waals surface area contributed by atoms with Crippen molar-refractivity contribution in [3.8, 4) is 0 Å². The lowest BCUT2D eigenvalue weighted by Gasteiger charge is -2.24. The molecule has 3 aromatic rings. The number of benzene rings is 3. The summed E-state index contributed by atoms with van der Waals surface area (Å²) in [4.78, 5) is 19.3. The lowest BCUT2D eigenvalue weighted by Crippen LogP contribution is -2.43. The fourth-order valence-electron chi connectivity index (χ4n) is 3.39. The van der Waals surface area contributed by atoms with Crippen molar-refractivity contribution in [2.24, 2.45) is 10.7 Å². The van der Waals surface area contributed by atoms with Crippen LogP contribution in [0, 0.1) is 0 Å². The molecule has 1 aliphatic rings. The van der Waals surface area contributed by atoms with Gasteiger partial charge in [0.1, 0.15) is 0 Å². The van der Waals surface area contributed by atoms with E-state index in [-0.39, 0.29) is 5.91 Å². The van der Waals surface area contributed by atoms with Gasteiger partial charge in [0, 0.05) is 17.7 Å². The molecule has 134 valence electrons. The molecule has 0 aliphatic carbocycles. The molecule has 0 radical (unpaired) electrons. The van der Waals surface area contributed by atoms with E-state index in [2.05, 4.69) is 17.1 Å². The zero-order valence-electron chi connectivity index (χ0n) is 15.0. The van der Waals surface area contributed by atoms with Crippen molar-refractivity contribution < 1.29 is 4.79 Å². The lowest BCUT2D eigenvalue weighted by atomic mass is 10.00. The van der Waals surface area contributed by atoms with Crippen LogP contribution in [-0.2, 0) is 11.2 Å². The molecule has 4 heteroatoms. The van der Waals surface area contributed by atoms with Crippen molar-refractivity contribution in [3.63, 3.8) is 0 Å². The first kappa shape index (κ1) is 17.2. The number of amides is 1. The number of benzodiazepines with no additional fused rings is 1. The van der Waals surface area contributed by atoms with Crippen molar-refractivity contribution in [3.05, 3.63) is 102 Å². The van der Waals surface area contributed by atoms with Gasteiger partial charge >= 0.3 is 0 Å². The lowest BCUT2D eigenvalue weighted by molar-refractivity contribution is -0.119. The van der Waals surface area contributed by atoms with Crippen molar-refractivity contribution in [2.75, 3.05) is 11.4 Å². The number of fused-ring (bicyclic) bond motifs is 1. The van der Waals surface area contributed by atoms with Crippen molar-refractivity contribution in [1.82, 2.24) is 0 Å². The average Bonchev–Trinajstić information content (AvgIpc) is 2.83. The molecule has 1 unspecified atom stereocenters. The molecule has 3 aromatic carbocycles. The summed E-state index contributed by atoms with van der Waals surface area (Å²) >= 11 is 0. The monoisotopic (exact) mass is 355 g/mol. The average molecular weight is 355 g/mol. The highest BCUT2D eigenvalue weighted by atomic mass is 16.2. The van der Waals surface area contributed by atoms with Crippen LogP contribution in [0.5, 0.6) is 0 Å². The van der Waals surface area contributed by atoms with Gasteiger partial charge in [0.25, 0.3) is 5.91 Å². The van der Waals surface area contributed by atoms with Gasteiger partial charge in [-0.25, -0.2) is 0 Å². The Hall–Kier alpha value is -3.24. The Bertz CT molecular complexity index is 967. The van der Waals surface area contributed by atoms with E-state index in [1.807, 2.05) is 72.8 Å². The molecule has 0 saturated heterocycles. The Kier molecular flexibility index (Phi) is 4.81. The molecule has 0 fully saturated rings. The maximum absolute atomic E-state index is 13.0. The van der Waals surface area contributed by atoms with Crippen LogP contribution in [0.25, 0.3) is 0 Å². The van der Waals surface area contributed by atoms with Gasteiger partial charge in [-0.3, -0.25) is 9.79 Å². The largest absolute Gasteiger partial charge is 0.308 e. The second-order valence-corrected chi connectivity index (χ2v) is 6.53. The Balaban J connectivity index is 1.74. The third-order valence-corrected chi connectivity index (χ3v) is 4.75. The second kappa shape index (κ2) is 7.56. The first-order valence-corrected chi connectivity index (χ1v) is 9.07. The maximum Gasteiger partial charge on any atom is 0.266 e. The molecule has 1 amide bonds. The fraction of sp³-hybridized carbons (Fsp3) is 0.130. The van der Waals surface area contributed by atoms with E-state index < -0.39 is 6.17 Å². The number of aliphatic imine (C=N–C) groups is 1. The van der Waals surface area contributed by atoms with Crippen molar-refractivity contribution >= 4 is 17.3 Å². The molecule has 0 saturated carbocycles. The number of nitrogens with zero attached hydrogens (tertiary/aromatic N) is 2. The minimum Gasteiger partial charge on any atom is -0.308 e. The molecule has 1 aliphatic heterocycles. The predicted octanol–water partition coefficient (Wildman–Crippen LogP) is 3.40. The van der Waals surface area contributed by atoms with Crippen LogP contribution in [0.1, 0.15) is 16.7 Å². The van der Waals surface area contributed by atoms with Crippen LogP contribution in [0.15, 0.2) is 89.9 Å². The summed E-state index contributed by atoms with van der Waals surface area (Å²) in [5, 5.41) is 0. The summed E-state index contributed by atoms with van der Waals surface area (Å²) in [6, 6.07) is 27.9. The number of anilines is 1. The Labute approximate surface area is 159 Å². The van der Waals surface area contributed by atoms with E-state index in [1.54, 1.807) is 4.90 Å². The summed E-state index contributed by atoms with van der Waals surface area (Å²) < 4.78 is 0. The van der Waals surface area contributed by atoms with Crippen LogP contribution in [0.4, 0.5) is 5.69 Å². The van der Waals surface area contributed by atoms with E-state index in [0.717, 1.165) is 28.9 Å². The number of hydrogen-bond acceptors (Lipinski definition) is 3. The highest BCUT2D eigenvalue weighted by Crippen LogP contribution is 2.28. The van der Waals surface area contributed by atoms with Crippen LogP contribution in [0.2, 0.25) is 0 Å². The van der Waals surface area contributed by atoms with E-state index in [1.165, 1.54) is 5.56 Å². The Morgan fingerprint density at radius 2 is 1.48 bits per heavy atom. The van der Waals surface area contributed by atoms with Gasteiger partial charge in [-0.1, -0.05) is 78.9 Å². The molecular weight excluding hydrogens is 334 g/mol. The number of rotatable bonds is 4. The van der Waals surface area contributed by atoms with Crippen molar-refractivity contribution in [1.29, 1.82) is 0 Å². The van der Waals surface area contributed by atoms with Crippen LogP contribution in [0.3, 0.4) is 0 Å². The Morgan fingerprint density at radius 3 is 2.22 bits per heavy atom. The van der Waals surface area contributed by atoms with Crippen LogP contribution >= 0.6 is 0 Å². The zero-order chi connectivity index (χ0) is 18.6. The molecule has 0 aromatic heterocycles. The van der Waals surface area contributed by atoms with Gasteiger partial charge in [-0.2, -0.15) is 0 Å². The molecule has 2 N–H and O–H groups in total. The van der Waals surface area contributed by atoms with Crippen molar-refractivity contribution in [2.45, 2.75) is 12.6 Å². The van der Waals surface area contributed by atoms with Gasteiger partial charge in [0.2, 0.25) is 0 Å². The second-order valence-electron chi connectivity index (χ2n) is 6.53. The highest BCUT2D eigenvalue weighted by Gasteiger charge is 2.29. The molecule has 1 heterocycles. The molecular formula is C23H21N3O. The smallest absolute Gasteiger partial charge is 0.266 e. The molecule has 1 atom stereocenters. The van der Waals surface area contributed by atoms with Crippen LogP contribution < -0.4 is 10.6 Å². The van der Waals surface area contributed by atoms with Gasteiger partial charge in [-0.05, 0) is 18.1 Å². The van der Waals surface area contributed by atoms with E-state index in [4.69, 9.17) is 5.73 Å². The SMILES string of the molecule is NC1N=C(c2ccccc2)c2ccccc2N(CCc2ccccc2)C1=O. The van der Waals surface area contributed by atoms with Crippen LogP contribution in [-0.4, -0.2) is 24.3 Å². The molecule has 4 rings (SSSR count). The molecule has 0 spiro atoms. The first-order valence-electron chi connectivity index (χ1n) is 9.07. The summed E-state index contributed by atoms with van der Waals surface area (Å²) in [7, 11) is 0. The Morgan fingerprint density at radius 1 is 0.852 bits per heavy atom. The van der Waals surface area contributed by atoms with E-state index in [0.29, 0.717) is 6.54 Å². The topological polar surface area (TPSA) is 58.7 Å². The standard InChI is InChI=1S/C23H21N3O/c24-22-23(27)26(16-15-17-9-3-1-4-10-17)20-14-8-7-13-19(20)21(25-22)18-11-5-2-6-12-18/h1-14,22H,15-16,24H2. The number of carbonyl (C=O) groups is 1.